The zero-order valence-corrected chi connectivity index (χ0v) is 10.5. The molecule has 1 nitrogen and oxygen atoms in total. The summed E-state index contributed by atoms with van der Waals surface area (Å²) < 4.78 is 13.5. The number of halogens is 1. The van der Waals surface area contributed by atoms with E-state index in [1.165, 1.54) is 6.07 Å². The van der Waals surface area contributed by atoms with E-state index in [0.717, 1.165) is 31.2 Å². The second-order valence-electron chi connectivity index (χ2n) is 4.47. The highest BCUT2D eigenvalue weighted by Crippen LogP contribution is 2.23. The number of aliphatic hydroxyl groups is 1. The van der Waals surface area contributed by atoms with Crippen LogP contribution in [0.25, 0.3) is 0 Å². The van der Waals surface area contributed by atoms with Gasteiger partial charge in [-0.25, -0.2) is 4.39 Å². The third-order valence-electron chi connectivity index (χ3n) is 2.90. The number of benzene rings is 1. The molecule has 1 rings (SSSR count). The first-order chi connectivity index (χ1) is 8.15. The lowest BCUT2D eigenvalue weighted by atomic mass is 10.0. The smallest absolute Gasteiger partial charge is 0.129 e. The summed E-state index contributed by atoms with van der Waals surface area (Å²) in [4.78, 5) is 0. The molecule has 0 amide bonds. The number of hydrogen-bond donors (Lipinski definition) is 1. The monoisotopic (exact) mass is 236 g/mol. The third-order valence-corrected chi connectivity index (χ3v) is 2.90. The summed E-state index contributed by atoms with van der Waals surface area (Å²) in [6.07, 6.45) is 5.91. The first-order valence-corrected chi connectivity index (χ1v) is 6.20. The third kappa shape index (κ3) is 4.70. The minimum absolute atomic E-state index is 0.311. The van der Waals surface area contributed by atoms with Crippen molar-refractivity contribution in [3.05, 3.63) is 47.8 Å². The summed E-state index contributed by atoms with van der Waals surface area (Å²) in [6, 6.07) is 4.87. The summed E-state index contributed by atoms with van der Waals surface area (Å²) in [5.41, 5.74) is 1.40. The average Bonchev–Trinajstić information content (AvgIpc) is 2.32. The first kappa shape index (κ1) is 13.9. The molecule has 0 fully saturated rings. The molecule has 0 saturated heterocycles. The Bertz CT molecular complexity index is 360. The van der Waals surface area contributed by atoms with Crippen LogP contribution in [0.1, 0.15) is 49.3 Å². The Labute approximate surface area is 103 Å². The molecule has 0 radical (unpaired) electrons. The molecule has 1 N–H and O–H groups in total. The Balaban J connectivity index is 2.43. The highest BCUT2D eigenvalue weighted by molar-refractivity contribution is 5.25. The van der Waals surface area contributed by atoms with E-state index in [4.69, 9.17) is 0 Å². The zero-order chi connectivity index (χ0) is 12.7. The van der Waals surface area contributed by atoms with Crippen molar-refractivity contribution in [3.63, 3.8) is 0 Å². The van der Waals surface area contributed by atoms with Crippen molar-refractivity contribution >= 4 is 0 Å². The second-order valence-corrected chi connectivity index (χ2v) is 4.47. The Morgan fingerprint density at radius 3 is 2.82 bits per heavy atom. The van der Waals surface area contributed by atoms with Crippen molar-refractivity contribution in [2.45, 2.75) is 45.1 Å². The molecule has 0 spiro atoms. The molecule has 0 aliphatic rings. The SMILES string of the molecule is C=CCCCCCC(O)c1cc(C)ccc1F. The maximum atomic E-state index is 13.5. The van der Waals surface area contributed by atoms with Crippen molar-refractivity contribution in [1.82, 2.24) is 0 Å². The lowest BCUT2D eigenvalue weighted by Gasteiger charge is -2.12. The van der Waals surface area contributed by atoms with Gasteiger partial charge in [-0.05, 0) is 32.3 Å². The Morgan fingerprint density at radius 2 is 2.12 bits per heavy atom. The van der Waals surface area contributed by atoms with Crippen LogP contribution in [-0.4, -0.2) is 5.11 Å². The quantitative estimate of drug-likeness (QED) is 0.552. The largest absolute Gasteiger partial charge is 0.388 e. The molecule has 17 heavy (non-hydrogen) atoms. The fourth-order valence-electron chi connectivity index (χ4n) is 1.88. The summed E-state index contributed by atoms with van der Waals surface area (Å²) in [7, 11) is 0. The maximum Gasteiger partial charge on any atom is 0.129 e. The van der Waals surface area contributed by atoms with Gasteiger partial charge >= 0.3 is 0 Å². The molecule has 2 heteroatoms. The van der Waals surface area contributed by atoms with Crippen LogP contribution in [0.2, 0.25) is 0 Å². The summed E-state index contributed by atoms with van der Waals surface area (Å²) >= 11 is 0. The van der Waals surface area contributed by atoms with Crippen LogP contribution in [0.5, 0.6) is 0 Å². The minimum atomic E-state index is -0.682. The molecule has 94 valence electrons. The van der Waals surface area contributed by atoms with Gasteiger partial charge in [0, 0.05) is 5.56 Å². The summed E-state index contributed by atoms with van der Waals surface area (Å²) in [5, 5.41) is 9.92. The lowest BCUT2D eigenvalue weighted by molar-refractivity contribution is 0.159. The zero-order valence-electron chi connectivity index (χ0n) is 10.5. The molecule has 0 saturated carbocycles. The highest BCUT2D eigenvalue weighted by atomic mass is 19.1. The highest BCUT2D eigenvalue weighted by Gasteiger charge is 2.12. The number of hydrogen-bond acceptors (Lipinski definition) is 1. The predicted octanol–water partition coefficient (Wildman–Crippen LogP) is 4.30. The number of allylic oxidation sites excluding steroid dienone is 1. The van der Waals surface area contributed by atoms with Crippen LogP contribution < -0.4 is 0 Å². The molecule has 1 aromatic rings. The second kappa shape index (κ2) is 7.23. The van der Waals surface area contributed by atoms with Crippen molar-refractivity contribution in [1.29, 1.82) is 0 Å². The van der Waals surface area contributed by atoms with Gasteiger partial charge in [0.25, 0.3) is 0 Å². The fraction of sp³-hybridized carbons (Fsp3) is 0.467. The van der Waals surface area contributed by atoms with Crippen molar-refractivity contribution in [2.24, 2.45) is 0 Å². The van der Waals surface area contributed by atoms with Crippen LogP contribution in [0, 0.1) is 12.7 Å². The molecular formula is C15H21FO. The van der Waals surface area contributed by atoms with Gasteiger partial charge in [0.05, 0.1) is 6.10 Å². The Hall–Kier alpha value is -1.15. The van der Waals surface area contributed by atoms with E-state index in [-0.39, 0.29) is 5.82 Å². The van der Waals surface area contributed by atoms with Gasteiger partial charge in [-0.3, -0.25) is 0 Å². The molecule has 0 aliphatic heterocycles. The van der Waals surface area contributed by atoms with Crippen LogP contribution >= 0.6 is 0 Å². The van der Waals surface area contributed by atoms with E-state index >= 15 is 0 Å². The molecule has 0 heterocycles. The first-order valence-electron chi connectivity index (χ1n) is 6.20. The van der Waals surface area contributed by atoms with Crippen molar-refractivity contribution in [2.75, 3.05) is 0 Å². The van der Waals surface area contributed by atoms with Gasteiger partial charge in [-0.1, -0.05) is 36.6 Å². The maximum absolute atomic E-state index is 13.5. The average molecular weight is 236 g/mol. The standard InChI is InChI=1S/C15H21FO/c1-3-4-5-6-7-8-15(17)13-11-12(2)9-10-14(13)16/h3,9-11,15,17H,1,4-8H2,2H3. The van der Waals surface area contributed by atoms with E-state index in [9.17, 15) is 9.50 Å². The van der Waals surface area contributed by atoms with E-state index < -0.39 is 6.10 Å². The number of rotatable bonds is 7. The topological polar surface area (TPSA) is 20.2 Å². The fourth-order valence-corrected chi connectivity index (χ4v) is 1.88. The van der Waals surface area contributed by atoms with Gasteiger partial charge in [0.15, 0.2) is 0 Å². The van der Waals surface area contributed by atoms with Crippen molar-refractivity contribution in [3.8, 4) is 0 Å². The lowest BCUT2D eigenvalue weighted by Crippen LogP contribution is -2.01. The van der Waals surface area contributed by atoms with Crippen molar-refractivity contribution < 1.29 is 9.50 Å². The Morgan fingerprint density at radius 1 is 1.35 bits per heavy atom. The molecule has 0 aliphatic carbocycles. The predicted molar refractivity (Wildman–Crippen MR) is 69.4 cm³/mol. The molecule has 1 aromatic carbocycles. The van der Waals surface area contributed by atoms with E-state index in [0.29, 0.717) is 12.0 Å². The normalized spacial score (nSPS) is 12.4. The number of aryl methyl sites for hydroxylation is 1. The van der Waals surface area contributed by atoms with Gasteiger partial charge in [0.1, 0.15) is 5.82 Å². The van der Waals surface area contributed by atoms with E-state index in [2.05, 4.69) is 6.58 Å². The van der Waals surface area contributed by atoms with Crippen LogP contribution in [0.15, 0.2) is 30.9 Å². The van der Waals surface area contributed by atoms with E-state index in [1.54, 1.807) is 12.1 Å². The van der Waals surface area contributed by atoms with Gasteiger partial charge in [-0.2, -0.15) is 0 Å². The number of aliphatic hydroxyl groups excluding tert-OH is 1. The molecule has 1 unspecified atom stereocenters. The van der Waals surface area contributed by atoms with Crippen LogP contribution in [-0.2, 0) is 0 Å². The molecular weight excluding hydrogens is 215 g/mol. The van der Waals surface area contributed by atoms with Gasteiger partial charge in [-0.15, -0.1) is 6.58 Å². The Kier molecular flexibility index (Phi) is 5.92. The van der Waals surface area contributed by atoms with E-state index in [1.807, 2.05) is 13.0 Å². The van der Waals surface area contributed by atoms with Crippen LogP contribution in [0.3, 0.4) is 0 Å². The van der Waals surface area contributed by atoms with Gasteiger partial charge < -0.3 is 5.11 Å². The molecule has 0 bridgehead atoms. The molecule has 1 atom stereocenters. The summed E-state index contributed by atoms with van der Waals surface area (Å²) in [6.45, 7) is 5.57. The molecule has 0 aromatic heterocycles. The van der Waals surface area contributed by atoms with Gasteiger partial charge in [0.2, 0.25) is 0 Å². The number of unbranched alkanes of at least 4 members (excludes halogenated alkanes) is 3. The minimum Gasteiger partial charge on any atom is -0.388 e. The summed E-state index contributed by atoms with van der Waals surface area (Å²) in [5.74, 6) is -0.311. The van der Waals surface area contributed by atoms with Crippen LogP contribution in [0.4, 0.5) is 4.39 Å².